The molecule has 2 rings (SSSR count). The van der Waals surface area contributed by atoms with Crippen molar-refractivity contribution in [2.75, 3.05) is 30.0 Å². The average Bonchev–Trinajstić information content (AvgIpc) is 2.81. The highest BCUT2D eigenvalue weighted by Crippen LogP contribution is 2.12. The highest BCUT2D eigenvalue weighted by molar-refractivity contribution is 7.09. The molecule has 17 heavy (non-hydrogen) atoms. The minimum Gasteiger partial charge on any atom is -0.373 e. The lowest BCUT2D eigenvalue weighted by molar-refractivity contribution is 0.984. The van der Waals surface area contributed by atoms with Crippen molar-refractivity contribution >= 4 is 28.9 Å². The minimum absolute atomic E-state index is 0.258. The Bertz CT molecular complexity index is 470. The average molecular weight is 250 g/mol. The summed E-state index contributed by atoms with van der Waals surface area (Å²) in [4.78, 5) is 12.3. The molecular formula is C10H14N6S. The summed E-state index contributed by atoms with van der Waals surface area (Å²) in [6.45, 7) is 0.771. The number of rotatable bonds is 5. The fourth-order valence-electron chi connectivity index (χ4n) is 1.36. The number of hydrogen-bond acceptors (Lipinski definition) is 7. The van der Waals surface area contributed by atoms with Gasteiger partial charge in [0.05, 0.1) is 5.01 Å². The summed E-state index contributed by atoms with van der Waals surface area (Å²) in [7, 11) is 1.79. The van der Waals surface area contributed by atoms with Gasteiger partial charge in [-0.2, -0.15) is 9.97 Å². The van der Waals surface area contributed by atoms with E-state index in [1.54, 1.807) is 18.4 Å². The monoisotopic (exact) mass is 250 g/mol. The SMILES string of the molecule is CNc1cc(NCCc2nccs2)nc(N)n1. The molecule has 6 nitrogen and oxygen atoms in total. The first kappa shape index (κ1) is 11.6. The summed E-state index contributed by atoms with van der Waals surface area (Å²) < 4.78 is 0. The summed E-state index contributed by atoms with van der Waals surface area (Å²) in [5.74, 6) is 1.68. The van der Waals surface area contributed by atoms with Crippen LogP contribution in [0.1, 0.15) is 5.01 Å². The van der Waals surface area contributed by atoms with Crippen LogP contribution < -0.4 is 16.4 Å². The van der Waals surface area contributed by atoms with Crippen molar-refractivity contribution in [3.05, 3.63) is 22.7 Å². The number of aromatic nitrogens is 3. The van der Waals surface area contributed by atoms with Gasteiger partial charge in [-0.1, -0.05) is 0 Å². The van der Waals surface area contributed by atoms with Crippen molar-refractivity contribution in [2.45, 2.75) is 6.42 Å². The lowest BCUT2D eigenvalue weighted by Gasteiger charge is -2.07. The van der Waals surface area contributed by atoms with Crippen molar-refractivity contribution in [3.8, 4) is 0 Å². The summed E-state index contributed by atoms with van der Waals surface area (Å²) >= 11 is 1.65. The van der Waals surface area contributed by atoms with E-state index < -0.39 is 0 Å². The summed E-state index contributed by atoms with van der Waals surface area (Å²) in [6.07, 6.45) is 2.68. The molecule has 0 aliphatic heterocycles. The Hall–Kier alpha value is -1.89. The largest absolute Gasteiger partial charge is 0.373 e. The third kappa shape index (κ3) is 3.28. The second kappa shape index (κ2) is 5.44. The zero-order chi connectivity index (χ0) is 12.1. The summed E-state index contributed by atoms with van der Waals surface area (Å²) in [5.41, 5.74) is 5.59. The number of thiazole rings is 1. The first-order valence-corrected chi connectivity index (χ1v) is 6.10. The number of nitrogen functional groups attached to an aromatic ring is 1. The maximum absolute atomic E-state index is 5.59. The molecule has 0 bridgehead atoms. The predicted octanol–water partition coefficient (Wildman–Crippen LogP) is 1.21. The van der Waals surface area contributed by atoms with Crippen LogP contribution in [0.4, 0.5) is 17.6 Å². The van der Waals surface area contributed by atoms with Crippen LogP contribution >= 0.6 is 11.3 Å². The molecule has 2 aromatic rings. The number of nitrogens with zero attached hydrogens (tertiary/aromatic N) is 3. The van der Waals surface area contributed by atoms with Crippen molar-refractivity contribution in [1.82, 2.24) is 15.0 Å². The Balaban J connectivity index is 1.92. The molecule has 0 atom stereocenters. The fraction of sp³-hybridized carbons (Fsp3) is 0.300. The van der Waals surface area contributed by atoms with Gasteiger partial charge in [-0.25, -0.2) is 4.98 Å². The Morgan fingerprint density at radius 1 is 1.35 bits per heavy atom. The van der Waals surface area contributed by atoms with E-state index in [1.165, 1.54) is 0 Å². The van der Waals surface area contributed by atoms with Gasteiger partial charge in [0.1, 0.15) is 11.6 Å². The van der Waals surface area contributed by atoms with Gasteiger partial charge in [0.25, 0.3) is 0 Å². The second-order valence-corrected chi connectivity index (χ2v) is 4.33. The maximum atomic E-state index is 5.59. The van der Waals surface area contributed by atoms with E-state index in [-0.39, 0.29) is 5.95 Å². The Morgan fingerprint density at radius 3 is 2.88 bits per heavy atom. The molecule has 2 heterocycles. The molecule has 0 aromatic carbocycles. The zero-order valence-electron chi connectivity index (χ0n) is 9.47. The van der Waals surface area contributed by atoms with Crippen molar-refractivity contribution in [1.29, 1.82) is 0 Å². The van der Waals surface area contributed by atoms with Gasteiger partial charge in [-0.05, 0) is 0 Å². The number of anilines is 3. The summed E-state index contributed by atoms with van der Waals surface area (Å²) in [5, 5.41) is 9.20. The van der Waals surface area contributed by atoms with E-state index in [1.807, 2.05) is 17.6 Å². The molecule has 7 heteroatoms. The van der Waals surface area contributed by atoms with E-state index in [0.29, 0.717) is 5.82 Å². The fourth-order valence-corrected chi connectivity index (χ4v) is 1.98. The highest BCUT2D eigenvalue weighted by Gasteiger charge is 2.01. The van der Waals surface area contributed by atoms with Crippen LogP contribution in [0.15, 0.2) is 17.6 Å². The first-order valence-electron chi connectivity index (χ1n) is 5.22. The van der Waals surface area contributed by atoms with Gasteiger partial charge in [-0.3, -0.25) is 0 Å². The molecule has 0 radical (unpaired) electrons. The lowest BCUT2D eigenvalue weighted by atomic mass is 10.4. The molecule has 4 N–H and O–H groups in total. The number of nitrogens with one attached hydrogen (secondary N) is 2. The molecule has 0 unspecified atom stereocenters. The van der Waals surface area contributed by atoms with Crippen LogP contribution in [-0.2, 0) is 6.42 Å². The van der Waals surface area contributed by atoms with E-state index >= 15 is 0 Å². The molecule has 90 valence electrons. The molecule has 0 fully saturated rings. The van der Waals surface area contributed by atoms with E-state index in [0.717, 1.165) is 23.8 Å². The van der Waals surface area contributed by atoms with Crippen LogP contribution in [0, 0.1) is 0 Å². The van der Waals surface area contributed by atoms with Gasteiger partial charge in [-0.15, -0.1) is 11.3 Å². The summed E-state index contributed by atoms with van der Waals surface area (Å²) in [6, 6.07) is 1.82. The second-order valence-electron chi connectivity index (χ2n) is 3.35. The quantitative estimate of drug-likeness (QED) is 0.739. The van der Waals surface area contributed by atoms with Crippen molar-refractivity contribution in [3.63, 3.8) is 0 Å². The first-order chi connectivity index (χ1) is 8.28. The van der Waals surface area contributed by atoms with Crippen LogP contribution in [0.3, 0.4) is 0 Å². The van der Waals surface area contributed by atoms with Crippen molar-refractivity contribution in [2.24, 2.45) is 0 Å². The van der Waals surface area contributed by atoms with Crippen LogP contribution in [-0.4, -0.2) is 28.5 Å². The molecule has 0 spiro atoms. The van der Waals surface area contributed by atoms with Gasteiger partial charge >= 0.3 is 0 Å². The van der Waals surface area contributed by atoms with E-state index in [9.17, 15) is 0 Å². The van der Waals surface area contributed by atoms with Gasteiger partial charge in [0.15, 0.2) is 0 Å². The topological polar surface area (TPSA) is 88.8 Å². The van der Waals surface area contributed by atoms with Crippen molar-refractivity contribution < 1.29 is 0 Å². The standard InChI is InChI=1S/C10H14N6S/c1-12-7-6-8(16-10(11)15-7)13-3-2-9-14-4-5-17-9/h4-6H,2-3H2,1H3,(H4,11,12,13,15,16). The molecule has 0 aliphatic carbocycles. The van der Waals surface area contributed by atoms with E-state index in [2.05, 4.69) is 25.6 Å². The smallest absolute Gasteiger partial charge is 0.223 e. The van der Waals surface area contributed by atoms with Crippen LogP contribution in [0.5, 0.6) is 0 Å². The molecule has 0 amide bonds. The van der Waals surface area contributed by atoms with Gasteiger partial charge in [0.2, 0.25) is 5.95 Å². The Labute approximate surface area is 103 Å². The molecular weight excluding hydrogens is 236 g/mol. The molecule has 0 saturated carbocycles. The lowest BCUT2D eigenvalue weighted by Crippen LogP contribution is -2.09. The Kier molecular flexibility index (Phi) is 3.71. The van der Waals surface area contributed by atoms with Crippen LogP contribution in [0.25, 0.3) is 0 Å². The normalized spacial score (nSPS) is 10.2. The Morgan fingerprint density at radius 2 is 2.18 bits per heavy atom. The predicted molar refractivity (Wildman–Crippen MR) is 70.3 cm³/mol. The zero-order valence-corrected chi connectivity index (χ0v) is 10.3. The van der Waals surface area contributed by atoms with Gasteiger partial charge in [0, 0.05) is 37.7 Å². The highest BCUT2D eigenvalue weighted by atomic mass is 32.1. The van der Waals surface area contributed by atoms with Crippen LogP contribution in [0.2, 0.25) is 0 Å². The third-order valence-corrected chi connectivity index (χ3v) is 2.97. The maximum Gasteiger partial charge on any atom is 0.223 e. The van der Waals surface area contributed by atoms with E-state index in [4.69, 9.17) is 5.73 Å². The number of hydrogen-bond donors (Lipinski definition) is 3. The minimum atomic E-state index is 0.258. The third-order valence-electron chi connectivity index (χ3n) is 2.13. The molecule has 0 aliphatic rings. The molecule has 0 saturated heterocycles. The number of nitrogens with two attached hydrogens (primary N) is 1. The molecule has 2 aromatic heterocycles. The van der Waals surface area contributed by atoms with Gasteiger partial charge < -0.3 is 16.4 Å².